The van der Waals surface area contributed by atoms with Gasteiger partial charge in [0.1, 0.15) is 5.82 Å². The van der Waals surface area contributed by atoms with Gasteiger partial charge in [0.2, 0.25) is 5.91 Å². The maximum Gasteiger partial charge on any atom is 0.220 e. The van der Waals surface area contributed by atoms with Crippen LogP contribution >= 0.6 is 0 Å². The van der Waals surface area contributed by atoms with Crippen LogP contribution in [0.1, 0.15) is 48.8 Å². The van der Waals surface area contributed by atoms with Crippen molar-refractivity contribution >= 4 is 5.91 Å². The van der Waals surface area contributed by atoms with Crippen molar-refractivity contribution in [2.45, 2.75) is 46.1 Å². The first-order chi connectivity index (χ1) is 16.0. The summed E-state index contributed by atoms with van der Waals surface area (Å²) in [7, 11) is 0. The third-order valence-electron chi connectivity index (χ3n) is 5.42. The Balaban J connectivity index is 1.46. The Bertz CT molecular complexity index is 1210. The number of aromatic nitrogens is 3. The Morgan fingerprint density at radius 3 is 2.45 bits per heavy atom. The van der Waals surface area contributed by atoms with Crippen molar-refractivity contribution < 1.29 is 9.32 Å². The fourth-order valence-corrected chi connectivity index (χ4v) is 3.54. The number of hydrogen-bond donors (Lipinski definition) is 1. The Kier molecular flexibility index (Phi) is 6.93. The summed E-state index contributed by atoms with van der Waals surface area (Å²) in [5.74, 6) is 1.68. The van der Waals surface area contributed by atoms with Gasteiger partial charge in [-0.3, -0.25) is 4.79 Å². The van der Waals surface area contributed by atoms with Crippen molar-refractivity contribution in [3.63, 3.8) is 0 Å². The van der Waals surface area contributed by atoms with E-state index in [2.05, 4.69) is 29.3 Å². The number of nitrogens with one attached hydrogen (secondary N) is 1. The van der Waals surface area contributed by atoms with Crippen LogP contribution in [0.5, 0.6) is 0 Å². The van der Waals surface area contributed by atoms with Gasteiger partial charge in [-0.1, -0.05) is 73.6 Å². The topological polar surface area (TPSA) is 80.9 Å². The number of nitrogens with zero attached hydrogens (tertiary/aromatic N) is 3. The highest BCUT2D eigenvalue weighted by atomic mass is 16.5. The minimum atomic E-state index is 0.0447. The number of rotatable bonds is 8. The van der Waals surface area contributed by atoms with Crippen LogP contribution in [0.25, 0.3) is 22.6 Å². The van der Waals surface area contributed by atoms with Crippen LogP contribution < -0.4 is 5.32 Å². The molecule has 1 N–H and O–H groups in total. The maximum atomic E-state index is 12.2. The minimum Gasteiger partial charge on any atom is -0.356 e. The summed E-state index contributed by atoms with van der Waals surface area (Å²) in [6.07, 6.45) is 3.01. The van der Waals surface area contributed by atoms with E-state index in [1.54, 1.807) is 6.20 Å². The standard InChI is InChI=1S/C27H28N4O2/c1-18(2)27-29-17-23(24-15-19(3)31-33-24)26(30-27)22-12-9-21(10-13-22)16-28-25(32)14-11-20-7-5-4-6-8-20/h4-10,12-13,15,17-18H,11,14,16H2,1-3H3,(H,28,32). The summed E-state index contributed by atoms with van der Waals surface area (Å²) in [5.41, 5.74) is 5.58. The molecule has 0 fully saturated rings. The molecular formula is C27H28N4O2. The largest absolute Gasteiger partial charge is 0.356 e. The highest BCUT2D eigenvalue weighted by Gasteiger charge is 2.16. The summed E-state index contributed by atoms with van der Waals surface area (Å²) in [6.45, 7) is 6.52. The van der Waals surface area contributed by atoms with E-state index in [0.29, 0.717) is 18.7 Å². The molecule has 0 aliphatic rings. The minimum absolute atomic E-state index is 0.0447. The van der Waals surface area contributed by atoms with Crippen LogP contribution in [0.4, 0.5) is 0 Å². The van der Waals surface area contributed by atoms with E-state index in [1.807, 2.05) is 67.6 Å². The second-order valence-electron chi connectivity index (χ2n) is 8.44. The van der Waals surface area contributed by atoms with Crippen LogP contribution in [0.15, 0.2) is 71.4 Å². The quantitative estimate of drug-likeness (QED) is 0.392. The van der Waals surface area contributed by atoms with E-state index in [4.69, 9.17) is 9.51 Å². The van der Waals surface area contributed by atoms with Crippen LogP contribution in [-0.2, 0) is 17.8 Å². The highest BCUT2D eigenvalue weighted by Crippen LogP contribution is 2.31. The molecule has 2 aromatic carbocycles. The van der Waals surface area contributed by atoms with E-state index >= 15 is 0 Å². The zero-order valence-corrected chi connectivity index (χ0v) is 19.2. The Labute approximate surface area is 194 Å². The van der Waals surface area contributed by atoms with Gasteiger partial charge in [0.15, 0.2) is 5.76 Å². The highest BCUT2D eigenvalue weighted by molar-refractivity contribution is 5.78. The second-order valence-corrected chi connectivity index (χ2v) is 8.44. The Morgan fingerprint density at radius 2 is 1.79 bits per heavy atom. The van der Waals surface area contributed by atoms with Crippen LogP contribution in [0.2, 0.25) is 0 Å². The van der Waals surface area contributed by atoms with Gasteiger partial charge in [-0.05, 0) is 24.5 Å². The van der Waals surface area contributed by atoms with Crippen LogP contribution in [0.3, 0.4) is 0 Å². The lowest BCUT2D eigenvalue weighted by molar-refractivity contribution is -0.121. The van der Waals surface area contributed by atoms with Crippen LogP contribution in [0, 0.1) is 6.92 Å². The average molecular weight is 441 g/mol. The molecule has 0 saturated heterocycles. The first-order valence-electron chi connectivity index (χ1n) is 11.2. The van der Waals surface area contributed by atoms with Gasteiger partial charge in [0.05, 0.1) is 17.0 Å². The third-order valence-corrected chi connectivity index (χ3v) is 5.42. The van der Waals surface area contributed by atoms with Crippen molar-refractivity contribution in [2.24, 2.45) is 0 Å². The van der Waals surface area contributed by atoms with E-state index in [0.717, 1.165) is 40.3 Å². The number of benzene rings is 2. The van der Waals surface area contributed by atoms with E-state index in [-0.39, 0.29) is 11.8 Å². The van der Waals surface area contributed by atoms with E-state index < -0.39 is 0 Å². The number of hydrogen-bond acceptors (Lipinski definition) is 5. The molecular weight excluding hydrogens is 412 g/mol. The fraction of sp³-hybridized carbons (Fsp3) is 0.259. The second kappa shape index (κ2) is 10.2. The van der Waals surface area contributed by atoms with Gasteiger partial charge in [0, 0.05) is 36.7 Å². The van der Waals surface area contributed by atoms with Gasteiger partial charge in [-0.25, -0.2) is 9.97 Å². The van der Waals surface area contributed by atoms with Crippen molar-refractivity contribution in [2.75, 3.05) is 0 Å². The van der Waals surface area contributed by atoms with Crippen molar-refractivity contribution in [1.82, 2.24) is 20.4 Å². The molecule has 4 aromatic rings. The van der Waals surface area contributed by atoms with Gasteiger partial charge in [-0.2, -0.15) is 0 Å². The lowest BCUT2D eigenvalue weighted by Crippen LogP contribution is -2.22. The molecule has 0 unspecified atom stereocenters. The molecule has 0 bridgehead atoms. The molecule has 33 heavy (non-hydrogen) atoms. The molecule has 0 saturated carbocycles. The fourth-order valence-electron chi connectivity index (χ4n) is 3.54. The molecule has 0 spiro atoms. The van der Waals surface area contributed by atoms with Gasteiger partial charge in [0.25, 0.3) is 0 Å². The summed E-state index contributed by atoms with van der Waals surface area (Å²) >= 11 is 0. The molecule has 4 rings (SSSR count). The van der Waals surface area contributed by atoms with Crippen molar-refractivity contribution in [3.05, 3.63) is 89.5 Å². The predicted molar refractivity (Wildman–Crippen MR) is 128 cm³/mol. The number of carbonyl (C=O) groups is 1. The summed E-state index contributed by atoms with van der Waals surface area (Å²) in [6, 6.07) is 20.0. The molecule has 1 amide bonds. The lowest BCUT2D eigenvalue weighted by atomic mass is 10.0. The number of aryl methyl sites for hydroxylation is 2. The maximum absolute atomic E-state index is 12.2. The van der Waals surface area contributed by atoms with Gasteiger partial charge in [-0.15, -0.1) is 0 Å². The molecule has 0 aliphatic heterocycles. The molecule has 168 valence electrons. The van der Waals surface area contributed by atoms with Crippen molar-refractivity contribution in [1.29, 1.82) is 0 Å². The van der Waals surface area contributed by atoms with E-state index in [9.17, 15) is 4.79 Å². The normalized spacial score (nSPS) is 11.0. The SMILES string of the molecule is Cc1cc(-c2cnc(C(C)C)nc2-c2ccc(CNC(=O)CCc3ccccc3)cc2)on1. The van der Waals surface area contributed by atoms with Crippen molar-refractivity contribution in [3.8, 4) is 22.6 Å². The molecule has 0 atom stereocenters. The summed E-state index contributed by atoms with van der Waals surface area (Å²) < 4.78 is 5.48. The van der Waals surface area contributed by atoms with Gasteiger partial charge < -0.3 is 9.84 Å². The zero-order chi connectivity index (χ0) is 23.2. The monoisotopic (exact) mass is 440 g/mol. The molecule has 2 heterocycles. The first-order valence-corrected chi connectivity index (χ1v) is 11.2. The number of amides is 1. The molecule has 0 aliphatic carbocycles. The molecule has 6 heteroatoms. The zero-order valence-electron chi connectivity index (χ0n) is 19.2. The third kappa shape index (κ3) is 5.71. The predicted octanol–water partition coefficient (Wildman–Crippen LogP) is 5.48. The summed E-state index contributed by atoms with van der Waals surface area (Å²) in [5, 5.41) is 7.01. The van der Waals surface area contributed by atoms with Crippen LogP contribution in [-0.4, -0.2) is 21.0 Å². The first kappa shape index (κ1) is 22.4. The van der Waals surface area contributed by atoms with Gasteiger partial charge >= 0.3 is 0 Å². The smallest absolute Gasteiger partial charge is 0.220 e. The Hall–Kier alpha value is -3.80. The Morgan fingerprint density at radius 1 is 1.03 bits per heavy atom. The number of carbonyl (C=O) groups excluding carboxylic acids is 1. The molecule has 0 radical (unpaired) electrons. The van der Waals surface area contributed by atoms with E-state index in [1.165, 1.54) is 5.56 Å². The average Bonchev–Trinajstić information content (AvgIpc) is 3.28. The molecule has 2 aromatic heterocycles. The summed E-state index contributed by atoms with van der Waals surface area (Å²) in [4.78, 5) is 21.6. The lowest BCUT2D eigenvalue weighted by Gasteiger charge is -2.11. The molecule has 6 nitrogen and oxygen atoms in total.